The van der Waals surface area contributed by atoms with Gasteiger partial charge in [0.05, 0.1) is 12.5 Å². The van der Waals surface area contributed by atoms with Crippen LogP contribution in [0.4, 0.5) is 0 Å². The molecule has 1 saturated carbocycles. The van der Waals surface area contributed by atoms with Crippen LogP contribution in [0.2, 0.25) is 0 Å². The molecule has 0 bridgehead atoms. The van der Waals surface area contributed by atoms with Crippen LogP contribution in [0, 0.1) is 5.41 Å². The average molecular weight is 431 g/mol. The number of amides is 1. The Hall–Kier alpha value is -2.28. The SMILES string of the molecule is CN=C(NCC1(C(=O)N(C)C)CCCC1)NCC1(c2ccc(OC)cc2)CCOCC1. The van der Waals surface area contributed by atoms with Crippen LogP contribution >= 0.6 is 0 Å². The first-order chi connectivity index (χ1) is 14.9. The highest BCUT2D eigenvalue weighted by atomic mass is 16.5. The third kappa shape index (κ3) is 5.32. The number of nitrogens with zero attached hydrogens (tertiary/aromatic N) is 2. The lowest BCUT2D eigenvalue weighted by atomic mass is 9.74. The lowest BCUT2D eigenvalue weighted by Crippen LogP contribution is -2.52. The molecule has 1 aliphatic heterocycles. The van der Waals surface area contributed by atoms with Gasteiger partial charge in [-0.25, -0.2) is 0 Å². The molecule has 1 aromatic carbocycles. The molecule has 1 amide bonds. The molecule has 0 spiro atoms. The number of guanidine groups is 1. The minimum atomic E-state index is -0.326. The molecule has 1 aliphatic carbocycles. The summed E-state index contributed by atoms with van der Waals surface area (Å²) in [6.45, 7) is 2.87. The van der Waals surface area contributed by atoms with Crippen LogP contribution < -0.4 is 15.4 Å². The zero-order chi connectivity index (χ0) is 22.3. The summed E-state index contributed by atoms with van der Waals surface area (Å²) in [5.74, 6) is 1.83. The van der Waals surface area contributed by atoms with Crippen molar-refractivity contribution in [2.24, 2.45) is 10.4 Å². The van der Waals surface area contributed by atoms with E-state index in [0.717, 1.165) is 70.0 Å². The standard InChI is InChI=1S/C24H38N4O3/c1-25-22(27-18-24(11-5-6-12-24)21(29)28(2)3)26-17-23(13-15-31-16-14-23)19-7-9-20(30-4)10-8-19/h7-10H,5-6,11-18H2,1-4H3,(H2,25,26,27). The van der Waals surface area contributed by atoms with E-state index >= 15 is 0 Å². The summed E-state index contributed by atoms with van der Waals surface area (Å²) in [4.78, 5) is 19.0. The molecule has 7 heteroatoms. The summed E-state index contributed by atoms with van der Waals surface area (Å²) >= 11 is 0. The maximum atomic E-state index is 12.9. The van der Waals surface area contributed by atoms with E-state index in [1.54, 1.807) is 19.1 Å². The van der Waals surface area contributed by atoms with Gasteiger partial charge in [0.25, 0.3) is 0 Å². The predicted octanol–water partition coefficient (Wildman–Crippen LogP) is 2.56. The summed E-state index contributed by atoms with van der Waals surface area (Å²) in [5.41, 5.74) is 0.940. The first-order valence-electron chi connectivity index (χ1n) is 11.3. The van der Waals surface area contributed by atoms with Gasteiger partial charge in [-0.2, -0.15) is 0 Å². The highest BCUT2D eigenvalue weighted by Gasteiger charge is 2.42. The van der Waals surface area contributed by atoms with E-state index in [2.05, 4.69) is 27.8 Å². The molecule has 1 saturated heterocycles. The first-order valence-corrected chi connectivity index (χ1v) is 11.3. The average Bonchev–Trinajstić information content (AvgIpc) is 3.29. The van der Waals surface area contributed by atoms with E-state index in [4.69, 9.17) is 9.47 Å². The third-order valence-electron chi connectivity index (χ3n) is 6.98. The van der Waals surface area contributed by atoms with Gasteiger partial charge in [-0.15, -0.1) is 0 Å². The lowest BCUT2D eigenvalue weighted by molar-refractivity contribution is -0.138. The fourth-order valence-electron chi connectivity index (χ4n) is 4.99. The number of methoxy groups -OCH3 is 1. The number of nitrogens with one attached hydrogen (secondary N) is 2. The van der Waals surface area contributed by atoms with Crippen LogP contribution in [0.3, 0.4) is 0 Å². The van der Waals surface area contributed by atoms with Gasteiger partial charge in [-0.3, -0.25) is 9.79 Å². The second kappa shape index (κ2) is 10.4. The Balaban J connectivity index is 1.67. The lowest BCUT2D eigenvalue weighted by Gasteiger charge is -2.38. The van der Waals surface area contributed by atoms with Crippen LogP contribution in [0.15, 0.2) is 29.3 Å². The third-order valence-corrected chi connectivity index (χ3v) is 6.98. The topological polar surface area (TPSA) is 75.2 Å². The molecule has 172 valence electrons. The fraction of sp³-hybridized carbons (Fsp3) is 0.667. The molecule has 7 nitrogen and oxygen atoms in total. The van der Waals surface area contributed by atoms with Crippen molar-refractivity contribution in [2.75, 3.05) is 54.6 Å². The Labute approximate surface area is 186 Å². The van der Waals surface area contributed by atoms with Gasteiger partial charge < -0.3 is 25.0 Å². The Morgan fingerprint density at radius 2 is 1.68 bits per heavy atom. The minimum Gasteiger partial charge on any atom is -0.497 e. The fourth-order valence-corrected chi connectivity index (χ4v) is 4.99. The molecule has 0 atom stereocenters. The summed E-state index contributed by atoms with van der Waals surface area (Å²) < 4.78 is 11.0. The van der Waals surface area contributed by atoms with Gasteiger partial charge in [0.15, 0.2) is 5.96 Å². The van der Waals surface area contributed by atoms with E-state index in [1.165, 1.54) is 5.56 Å². The molecule has 2 aliphatic rings. The molecule has 2 fully saturated rings. The summed E-state index contributed by atoms with van der Waals surface area (Å²) in [5, 5.41) is 7.00. The molecule has 2 N–H and O–H groups in total. The van der Waals surface area contributed by atoms with Crippen molar-refractivity contribution in [2.45, 2.75) is 43.9 Å². The Morgan fingerprint density at radius 1 is 1.06 bits per heavy atom. The van der Waals surface area contributed by atoms with E-state index in [-0.39, 0.29) is 16.7 Å². The number of hydrogen-bond donors (Lipinski definition) is 2. The molecular weight excluding hydrogens is 392 g/mol. The number of aliphatic imine (C=N–C) groups is 1. The monoisotopic (exact) mass is 430 g/mol. The van der Waals surface area contributed by atoms with Crippen LogP contribution in [0.5, 0.6) is 5.75 Å². The number of carbonyl (C=O) groups is 1. The minimum absolute atomic E-state index is 0.0212. The van der Waals surface area contributed by atoms with Crippen LogP contribution in [0.25, 0.3) is 0 Å². The molecule has 1 aromatic rings. The summed E-state index contributed by atoms with van der Waals surface area (Å²) in [7, 11) is 7.17. The van der Waals surface area contributed by atoms with Crippen molar-refractivity contribution >= 4 is 11.9 Å². The summed E-state index contributed by atoms with van der Waals surface area (Å²) in [6, 6.07) is 8.36. The van der Waals surface area contributed by atoms with Gasteiger partial charge in [0.2, 0.25) is 5.91 Å². The van der Waals surface area contributed by atoms with Gasteiger partial charge >= 0.3 is 0 Å². The normalized spacial score (nSPS) is 20.2. The van der Waals surface area contributed by atoms with E-state index in [9.17, 15) is 4.79 Å². The molecule has 0 aromatic heterocycles. The maximum absolute atomic E-state index is 12.9. The maximum Gasteiger partial charge on any atom is 0.230 e. The van der Waals surface area contributed by atoms with Crippen molar-refractivity contribution in [3.8, 4) is 5.75 Å². The highest BCUT2D eigenvalue weighted by Crippen LogP contribution is 2.39. The molecule has 0 radical (unpaired) electrons. The quantitative estimate of drug-likeness (QED) is 0.514. The van der Waals surface area contributed by atoms with E-state index < -0.39 is 0 Å². The number of carbonyl (C=O) groups excluding carboxylic acids is 1. The number of hydrogen-bond acceptors (Lipinski definition) is 4. The van der Waals surface area contributed by atoms with Crippen molar-refractivity contribution in [1.82, 2.24) is 15.5 Å². The molecular formula is C24H38N4O3. The number of ether oxygens (including phenoxy) is 2. The second-order valence-corrected chi connectivity index (χ2v) is 9.09. The van der Waals surface area contributed by atoms with Gasteiger partial charge in [0, 0.05) is 52.9 Å². The predicted molar refractivity (Wildman–Crippen MR) is 124 cm³/mol. The van der Waals surface area contributed by atoms with Gasteiger partial charge in [-0.1, -0.05) is 25.0 Å². The first kappa shape index (κ1) is 23.4. The highest BCUT2D eigenvalue weighted by molar-refractivity contribution is 5.85. The van der Waals surface area contributed by atoms with Crippen molar-refractivity contribution in [3.63, 3.8) is 0 Å². The molecule has 3 rings (SSSR count). The zero-order valence-corrected chi connectivity index (χ0v) is 19.5. The Kier molecular flexibility index (Phi) is 7.81. The Bertz CT molecular complexity index is 749. The summed E-state index contributed by atoms with van der Waals surface area (Å²) in [6.07, 6.45) is 5.97. The van der Waals surface area contributed by atoms with Crippen LogP contribution in [-0.2, 0) is 14.9 Å². The molecule has 31 heavy (non-hydrogen) atoms. The number of rotatable bonds is 7. The van der Waals surface area contributed by atoms with Gasteiger partial charge in [0.1, 0.15) is 5.75 Å². The van der Waals surface area contributed by atoms with Gasteiger partial charge in [-0.05, 0) is 43.4 Å². The van der Waals surface area contributed by atoms with E-state index in [1.807, 2.05) is 26.2 Å². The van der Waals surface area contributed by atoms with Crippen molar-refractivity contribution in [3.05, 3.63) is 29.8 Å². The zero-order valence-electron chi connectivity index (χ0n) is 19.5. The van der Waals surface area contributed by atoms with Crippen molar-refractivity contribution in [1.29, 1.82) is 0 Å². The Morgan fingerprint density at radius 3 is 2.23 bits per heavy atom. The van der Waals surface area contributed by atoms with Crippen LogP contribution in [0.1, 0.15) is 44.1 Å². The molecule has 1 heterocycles. The molecule has 0 unspecified atom stereocenters. The van der Waals surface area contributed by atoms with Crippen molar-refractivity contribution < 1.29 is 14.3 Å². The van der Waals surface area contributed by atoms with Crippen LogP contribution in [-0.4, -0.2) is 71.3 Å². The smallest absolute Gasteiger partial charge is 0.230 e. The van der Waals surface area contributed by atoms with E-state index in [0.29, 0.717) is 6.54 Å². The number of benzene rings is 1. The second-order valence-electron chi connectivity index (χ2n) is 9.09. The largest absolute Gasteiger partial charge is 0.497 e.